The highest BCUT2D eigenvalue weighted by Gasteiger charge is 2.00. The summed E-state index contributed by atoms with van der Waals surface area (Å²) in [5, 5.41) is 0. The maximum absolute atomic E-state index is 10.6. The van der Waals surface area contributed by atoms with Crippen LogP contribution in [0.5, 0.6) is 0 Å². The van der Waals surface area contributed by atoms with Crippen molar-refractivity contribution in [1.82, 2.24) is 0 Å². The van der Waals surface area contributed by atoms with Gasteiger partial charge >= 0.3 is 18.1 Å². The normalized spacial score (nSPS) is 6.96. The largest absolute Gasteiger partial charge is 0.463 e. The second-order valence-electron chi connectivity index (χ2n) is 3.47. The van der Waals surface area contributed by atoms with Crippen molar-refractivity contribution < 1.29 is 38.2 Å². The molecular weight excluding hydrogens is 322 g/mol. The molecule has 0 heterocycles. The third-order valence-corrected chi connectivity index (χ3v) is 1.47. The standard InChI is InChI=1S/C7H9NO3.C6H10O2.CO2.CH2O/c1-6(2)7(10)11-4-3-8-5-9;1-4-8-6(7)5(2)3;2-1-3;1-2/h1,3-4H2,2H3;2,4H2,1,3H3;;1H2. The predicted octanol–water partition coefficient (Wildman–Crippen LogP) is 0.799. The minimum absolute atomic E-state index is 0.0981. The first-order valence-electron chi connectivity index (χ1n) is 6.25. The molecule has 0 aromatic carbocycles. The molecule has 24 heavy (non-hydrogen) atoms. The molecule has 0 spiro atoms. The van der Waals surface area contributed by atoms with Gasteiger partial charge in [-0.15, -0.1) is 0 Å². The molecule has 0 fully saturated rings. The van der Waals surface area contributed by atoms with Gasteiger partial charge in [-0.05, 0) is 20.8 Å². The number of isocyanates is 1. The van der Waals surface area contributed by atoms with Crippen molar-refractivity contribution in [3.05, 3.63) is 24.3 Å². The van der Waals surface area contributed by atoms with Gasteiger partial charge in [-0.3, -0.25) is 0 Å². The maximum Gasteiger partial charge on any atom is 0.373 e. The van der Waals surface area contributed by atoms with Gasteiger partial charge in [0.05, 0.1) is 13.2 Å². The van der Waals surface area contributed by atoms with E-state index in [9.17, 15) is 14.4 Å². The van der Waals surface area contributed by atoms with Crippen molar-refractivity contribution >= 4 is 31.0 Å². The van der Waals surface area contributed by atoms with E-state index in [1.54, 1.807) is 20.8 Å². The Hall–Kier alpha value is -3.15. The van der Waals surface area contributed by atoms with Crippen LogP contribution < -0.4 is 0 Å². The summed E-state index contributed by atoms with van der Waals surface area (Å²) in [7, 11) is 0. The molecule has 0 aromatic rings. The summed E-state index contributed by atoms with van der Waals surface area (Å²) in [6, 6.07) is 0. The van der Waals surface area contributed by atoms with E-state index in [1.807, 2.05) is 6.79 Å². The Morgan fingerprint density at radius 3 is 1.58 bits per heavy atom. The zero-order chi connectivity index (χ0) is 20.0. The Balaban J connectivity index is -0.000000135. The third-order valence-electron chi connectivity index (χ3n) is 1.47. The molecule has 0 bridgehead atoms. The van der Waals surface area contributed by atoms with Crippen molar-refractivity contribution in [3.63, 3.8) is 0 Å². The van der Waals surface area contributed by atoms with Crippen LogP contribution in [0.1, 0.15) is 20.8 Å². The highest BCUT2D eigenvalue weighted by atomic mass is 16.5. The third kappa shape index (κ3) is 31.3. The lowest BCUT2D eigenvalue weighted by Gasteiger charge is -1.99. The molecule has 0 amide bonds. The van der Waals surface area contributed by atoms with E-state index in [0.29, 0.717) is 17.8 Å². The Morgan fingerprint density at radius 1 is 0.958 bits per heavy atom. The molecule has 0 atom stereocenters. The summed E-state index contributed by atoms with van der Waals surface area (Å²) in [5.74, 6) is -0.779. The molecule has 0 rings (SSSR count). The van der Waals surface area contributed by atoms with Crippen LogP contribution in [0.3, 0.4) is 0 Å². The number of aliphatic imine (C=N–C) groups is 1. The summed E-state index contributed by atoms with van der Waals surface area (Å²) >= 11 is 0. The summed E-state index contributed by atoms with van der Waals surface area (Å²) in [6.45, 7) is 14.4. The number of carbonyl (C=O) groups is 3. The minimum atomic E-state index is -0.467. The van der Waals surface area contributed by atoms with E-state index < -0.39 is 5.97 Å². The number of ether oxygens (including phenoxy) is 2. The first-order valence-corrected chi connectivity index (χ1v) is 6.25. The fourth-order valence-corrected chi connectivity index (χ4v) is 0.607. The van der Waals surface area contributed by atoms with Crippen LogP contribution in [-0.2, 0) is 38.2 Å². The lowest BCUT2D eigenvalue weighted by atomic mass is 10.4. The average Bonchev–Trinajstić information content (AvgIpc) is 2.54. The molecule has 9 heteroatoms. The van der Waals surface area contributed by atoms with Crippen LogP contribution in [0, 0.1) is 0 Å². The molecule has 0 saturated heterocycles. The van der Waals surface area contributed by atoms with E-state index in [4.69, 9.17) is 14.4 Å². The number of hydrogen-bond acceptors (Lipinski definition) is 9. The van der Waals surface area contributed by atoms with Crippen molar-refractivity contribution in [1.29, 1.82) is 0 Å². The molecule has 9 nitrogen and oxygen atoms in total. The summed E-state index contributed by atoms with van der Waals surface area (Å²) < 4.78 is 9.16. The number of nitrogens with zero attached hydrogens (tertiary/aromatic N) is 1. The van der Waals surface area contributed by atoms with Crippen LogP contribution in [0.25, 0.3) is 0 Å². The van der Waals surface area contributed by atoms with Crippen LogP contribution in [-0.4, -0.2) is 50.7 Å². The maximum atomic E-state index is 10.6. The number of esters is 2. The monoisotopic (exact) mass is 343 g/mol. The van der Waals surface area contributed by atoms with E-state index >= 15 is 0 Å². The Kier molecular flexibility index (Phi) is 30.0. The zero-order valence-electron chi connectivity index (χ0n) is 14.0. The summed E-state index contributed by atoms with van der Waals surface area (Å²) in [6.07, 6.45) is 1.58. The van der Waals surface area contributed by atoms with Crippen molar-refractivity contribution in [2.45, 2.75) is 20.8 Å². The van der Waals surface area contributed by atoms with Gasteiger partial charge in [-0.25, -0.2) is 19.4 Å². The fraction of sp³-hybridized carbons (Fsp3) is 0.400. The molecule has 0 aliphatic rings. The van der Waals surface area contributed by atoms with Gasteiger partial charge in [0, 0.05) is 11.1 Å². The van der Waals surface area contributed by atoms with Crippen LogP contribution >= 0.6 is 0 Å². The lowest BCUT2D eigenvalue weighted by molar-refractivity contribution is -0.191. The van der Waals surface area contributed by atoms with Crippen LogP contribution in [0.15, 0.2) is 29.3 Å². The topological polar surface area (TPSA) is 133 Å². The van der Waals surface area contributed by atoms with Gasteiger partial charge in [0.2, 0.25) is 6.08 Å². The zero-order valence-corrected chi connectivity index (χ0v) is 14.0. The van der Waals surface area contributed by atoms with Gasteiger partial charge in [0.15, 0.2) is 0 Å². The number of hydrogen-bond donors (Lipinski definition) is 0. The van der Waals surface area contributed by atoms with Crippen LogP contribution in [0.4, 0.5) is 0 Å². The van der Waals surface area contributed by atoms with Gasteiger partial charge in [-0.2, -0.15) is 9.59 Å². The number of carbonyl (C=O) groups excluding carboxylic acids is 6. The summed E-state index contributed by atoms with van der Waals surface area (Å²) in [5.41, 5.74) is 0.784. The molecule has 0 unspecified atom stereocenters. The minimum Gasteiger partial charge on any atom is -0.463 e. The fourth-order valence-electron chi connectivity index (χ4n) is 0.607. The molecule has 0 N–H and O–H groups in total. The second kappa shape index (κ2) is 24.8. The molecular formula is C15H21NO8. The van der Waals surface area contributed by atoms with Gasteiger partial charge in [-0.1, -0.05) is 13.2 Å². The predicted molar refractivity (Wildman–Crippen MR) is 82.3 cm³/mol. The SMILES string of the molecule is C=C(C)C(=O)OCC.C=C(C)C(=O)OCCN=C=O.C=O.O=C=O. The first kappa shape index (κ1) is 28.9. The first-order chi connectivity index (χ1) is 11.3. The lowest BCUT2D eigenvalue weighted by Crippen LogP contribution is -2.07. The quantitative estimate of drug-likeness (QED) is 0.227. The highest BCUT2D eigenvalue weighted by Crippen LogP contribution is 1.91. The highest BCUT2D eigenvalue weighted by molar-refractivity contribution is 5.87. The van der Waals surface area contributed by atoms with Crippen LogP contribution in [0.2, 0.25) is 0 Å². The Morgan fingerprint density at radius 2 is 1.33 bits per heavy atom. The molecule has 0 saturated carbocycles. The van der Waals surface area contributed by atoms with Crippen molar-refractivity contribution in [2.75, 3.05) is 19.8 Å². The molecule has 0 aliphatic carbocycles. The van der Waals surface area contributed by atoms with Crippen molar-refractivity contribution in [3.8, 4) is 0 Å². The molecule has 0 radical (unpaired) electrons. The molecule has 0 aliphatic heterocycles. The van der Waals surface area contributed by atoms with E-state index in [0.717, 1.165) is 0 Å². The summed E-state index contributed by atoms with van der Waals surface area (Å²) in [4.78, 5) is 58.0. The Labute approximate surface area is 140 Å². The molecule has 0 aromatic heterocycles. The Bertz CT molecular complexity index is 472. The van der Waals surface area contributed by atoms with Crippen molar-refractivity contribution in [2.24, 2.45) is 4.99 Å². The van der Waals surface area contributed by atoms with Gasteiger partial charge in [0.1, 0.15) is 13.4 Å². The van der Waals surface area contributed by atoms with Gasteiger partial charge < -0.3 is 14.3 Å². The van der Waals surface area contributed by atoms with E-state index in [2.05, 4.69) is 27.6 Å². The van der Waals surface area contributed by atoms with E-state index in [-0.39, 0.29) is 25.3 Å². The average molecular weight is 343 g/mol. The smallest absolute Gasteiger partial charge is 0.373 e. The van der Waals surface area contributed by atoms with E-state index in [1.165, 1.54) is 6.08 Å². The number of rotatable bonds is 6. The van der Waals surface area contributed by atoms with Gasteiger partial charge in [0.25, 0.3) is 0 Å². The molecule has 134 valence electrons. The second-order valence-corrected chi connectivity index (χ2v) is 3.47.